The van der Waals surface area contributed by atoms with E-state index in [0.29, 0.717) is 0 Å². The van der Waals surface area contributed by atoms with Crippen LogP contribution < -0.4 is 10.1 Å². The van der Waals surface area contributed by atoms with Crippen LogP contribution in [0.2, 0.25) is 0 Å². The first-order valence-electron chi connectivity index (χ1n) is 8.40. The second kappa shape index (κ2) is 7.14. The molecular weight excluding hydrogens is 342 g/mol. The van der Waals surface area contributed by atoms with Gasteiger partial charge in [0, 0.05) is 10.3 Å². The van der Waals surface area contributed by atoms with Crippen molar-refractivity contribution >= 4 is 28.1 Å². The maximum Gasteiger partial charge on any atom is 0.137 e. The number of thiophene rings is 1. The summed E-state index contributed by atoms with van der Waals surface area (Å²) in [6.45, 7) is 2.87. The van der Waals surface area contributed by atoms with Crippen molar-refractivity contribution in [1.29, 1.82) is 0 Å². The van der Waals surface area contributed by atoms with Gasteiger partial charge in [0.25, 0.3) is 0 Å². The molecule has 0 bridgehead atoms. The minimum atomic E-state index is 0.758. The molecule has 0 amide bonds. The Kier molecular flexibility index (Phi) is 4.54. The number of anilines is 1. The summed E-state index contributed by atoms with van der Waals surface area (Å²) in [5.41, 5.74) is 4.44. The van der Waals surface area contributed by atoms with E-state index in [1.807, 2.05) is 24.3 Å². The fourth-order valence-electron chi connectivity index (χ4n) is 2.93. The molecule has 0 aliphatic heterocycles. The van der Waals surface area contributed by atoms with Gasteiger partial charge in [-0.1, -0.05) is 18.2 Å². The van der Waals surface area contributed by atoms with Gasteiger partial charge in [-0.3, -0.25) is 0 Å². The molecule has 4 nitrogen and oxygen atoms in total. The molecule has 2 aromatic heterocycles. The van der Waals surface area contributed by atoms with Crippen molar-refractivity contribution < 1.29 is 4.74 Å². The highest BCUT2D eigenvalue weighted by molar-refractivity contribution is 7.10. The summed E-state index contributed by atoms with van der Waals surface area (Å²) in [6.07, 6.45) is 1.61. The average molecular weight is 361 g/mol. The molecule has 0 fully saturated rings. The van der Waals surface area contributed by atoms with E-state index in [9.17, 15) is 0 Å². The van der Waals surface area contributed by atoms with E-state index in [4.69, 9.17) is 4.74 Å². The van der Waals surface area contributed by atoms with Crippen LogP contribution in [0, 0.1) is 6.92 Å². The zero-order chi connectivity index (χ0) is 17.9. The lowest BCUT2D eigenvalue weighted by atomic mass is 10.0. The Morgan fingerprint density at radius 2 is 1.92 bits per heavy atom. The fraction of sp³-hybridized carbons (Fsp3) is 0.143. The van der Waals surface area contributed by atoms with Crippen molar-refractivity contribution in [2.75, 3.05) is 12.4 Å². The van der Waals surface area contributed by atoms with Crippen LogP contribution in [0.3, 0.4) is 0 Å². The molecule has 4 rings (SSSR count). The average Bonchev–Trinajstić information content (AvgIpc) is 3.11. The first-order chi connectivity index (χ1) is 12.7. The number of aryl methyl sites for hydroxylation is 1. The topological polar surface area (TPSA) is 47.0 Å². The lowest BCUT2D eigenvalue weighted by Gasteiger charge is -2.10. The van der Waals surface area contributed by atoms with Crippen LogP contribution in [-0.4, -0.2) is 17.1 Å². The Balaban J connectivity index is 1.69. The molecular formula is C21H19N3OS. The number of nitrogens with one attached hydrogen (secondary N) is 1. The number of benzene rings is 2. The molecule has 0 saturated carbocycles. The maximum absolute atomic E-state index is 5.34. The Morgan fingerprint density at radius 1 is 1.04 bits per heavy atom. The highest BCUT2D eigenvalue weighted by atomic mass is 32.1. The molecule has 5 heteroatoms. The minimum absolute atomic E-state index is 0.758. The molecule has 0 atom stereocenters. The predicted octanol–water partition coefficient (Wildman–Crippen LogP) is 5.29. The first kappa shape index (κ1) is 16.5. The second-order valence-electron chi connectivity index (χ2n) is 6.13. The molecule has 0 aliphatic rings. The zero-order valence-electron chi connectivity index (χ0n) is 14.7. The molecule has 1 N–H and O–H groups in total. The van der Waals surface area contributed by atoms with Gasteiger partial charge in [-0.05, 0) is 59.3 Å². The molecule has 2 heterocycles. The number of hydrogen-bond donors (Lipinski definition) is 1. The summed E-state index contributed by atoms with van der Waals surface area (Å²) >= 11 is 1.76. The third-order valence-corrected chi connectivity index (χ3v) is 5.31. The third-order valence-electron chi connectivity index (χ3n) is 4.25. The number of nitrogens with zero attached hydrogens (tertiary/aromatic N) is 2. The second-order valence-corrected chi connectivity index (χ2v) is 7.13. The smallest absolute Gasteiger partial charge is 0.137 e. The van der Waals surface area contributed by atoms with Crippen molar-refractivity contribution in [3.8, 4) is 16.9 Å². The summed E-state index contributed by atoms with van der Waals surface area (Å²) in [5.74, 6) is 1.70. The minimum Gasteiger partial charge on any atom is -0.497 e. The van der Waals surface area contributed by atoms with E-state index < -0.39 is 0 Å². The molecule has 0 unspecified atom stereocenters. The van der Waals surface area contributed by atoms with Gasteiger partial charge < -0.3 is 10.1 Å². The first-order valence-corrected chi connectivity index (χ1v) is 9.28. The number of aromatic nitrogens is 2. The lowest BCUT2D eigenvalue weighted by molar-refractivity contribution is 0.415. The van der Waals surface area contributed by atoms with Gasteiger partial charge in [-0.15, -0.1) is 11.3 Å². The van der Waals surface area contributed by atoms with Crippen molar-refractivity contribution in [2.24, 2.45) is 0 Å². The summed E-state index contributed by atoms with van der Waals surface area (Å²) in [6, 6.07) is 16.5. The van der Waals surface area contributed by atoms with Gasteiger partial charge in [-0.25, -0.2) is 9.97 Å². The van der Waals surface area contributed by atoms with Gasteiger partial charge in [-0.2, -0.15) is 0 Å². The number of ether oxygens (including phenoxy) is 1. The van der Waals surface area contributed by atoms with E-state index in [2.05, 4.69) is 51.9 Å². The quantitative estimate of drug-likeness (QED) is 0.525. The fourth-order valence-corrected chi connectivity index (χ4v) is 3.75. The Hall–Kier alpha value is -2.92. The normalized spacial score (nSPS) is 10.8. The van der Waals surface area contributed by atoms with E-state index in [-0.39, 0.29) is 0 Å². The number of rotatable bonds is 5. The summed E-state index contributed by atoms with van der Waals surface area (Å²) in [7, 11) is 1.68. The molecule has 0 spiro atoms. The van der Waals surface area contributed by atoms with Crippen molar-refractivity contribution in [2.45, 2.75) is 13.5 Å². The van der Waals surface area contributed by atoms with Crippen LogP contribution in [0.4, 0.5) is 5.82 Å². The molecule has 0 saturated heterocycles. The van der Waals surface area contributed by atoms with Gasteiger partial charge in [0.15, 0.2) is 0 Å². The summed E-state index contributed by atoms with van der Waals surface area (Å²) in [4.78, 5) is 10.1. The standard InChI is InChI=1S/C21H19N3OS/c1-14-8-18(26-12-14)11-22-21-19-10-16(6-7-20(19)23-13-24-21)15-4-3-5-17(9-15)25-2/h3-10,12-13H,11H2,1-2H3,(H,22,23,24). The Labute approximate surface area is 156 Å². The largest absolute Gasteiger partial charge is 0.497 e. The molecule has 2 aromatic carbocycles. The SMILES string of the molecule is COc1cccc(-c2ccc3ncnc(NCc4cc(C)cs4)c3c2)c1. The Morgan fingerprint density at radius 3 is 2.73 bits per heavy atom. The van der Waals surface area contributed by atoms with E-state index in [1.54, 1.807) is 24.8 Å². The molecule has 4 aromatic rings. The van der Waals surface area contributed by atoms with Gasteiger partial charge in [0.1, 0.15) is 17.9 Å². The van der Waals surface area contributed by atoms with Crippen molar-refractivity contribution in [3.63, 3.8) is 0 Å². The summed E-state index contributed by atoms with van der Waals surface area (Å²) < 4.78 is 5.34. The molecule has 0 radical (unpaired) electrons. The Bertz CT molecular complexity index is 1060. The van der Waals surface area contributed by atoms with Gasteiger partial charge in [0.2, 0.25) is 0 Å². The van der Waals surface area contributed by atoms with Crippen LogP contribution in [0.25, 0.3) is 22.0 Å². The van der Waals surface area contributed by atoms with E-state index >= 15 is 0 Å². The van der Waals surface area contributed by atoms with Crippen molar-refractivity contribution in [3.05, 3.63) is 70.7 Å². The maximum atomic E-state index is 5.34. The predicted molar refractivity (Wildman–Crippen MR) is 108 cm³/mol. The zero-order valence-corrected chi connectivity index (χ0v) is 15.5. The van der Waals surface area contributed by atoms with Crippen LogP contribution in [0.5, 0.6) is 5.75 Å². The number of methoxy groups -OCH3 is 1. The lowest BCUT2D eigenvalue weighted by Crippen LogP contribution is -2.01. The molecule has 130 valence electrons. The highest BCUT2D eigenvalue weighted by Crippen LogP contribution is 2.29. The third kappa shape index (κ3) is 3.39. The van der Waals surface area contributed by atoms with Crippen molar-refractivity contribution in [1.82, 2.24) is 9.97 Å². The van der Waals surface area contributed by atoms with Gasteiger partial charge >= 0.3 is 0 Å². The number of hydrogen-bond acceptors (Lipinski definition) is 5. The highest BCUT2D eigenvalue weighted by Gasteiger charge is 2.07. The van der Waals surface area contributed by atoms with E-state index in [0.717, 1.165) is 40.1 Å². The van der Waals surface area contributed by atoms with Crippen LogP contribution in [0.1, 0.15) is 10.4 Å². The van der Waals surface area contributed by atoms with Crippen LogP contribution in [0.15, 0.2) is 60.2 Å². The van der Waals surface area contributed by atoms with Crippen LogP contribution >= 0.6 is 11.3 Å². The monoisotopic (exact) mass is 361 g/mol. The van der Waals surface area contributed by atoms with Crippen LogP contribution in [-0.2, 0) is 6.54 Å². The number of fused-ring (bicyclic) bond motifs is 1. The van der Waals surface area contributed by atoms with Gasteiger partial charge in [0.05, 0.1) is 19.2 Å². The molecule has 26 heavy (non-hydrogen) atoms. The molecule has 0 aliphatic carbocycles. The van der Waals surface area contributed by atoms with E-state index in [1.165, 1.54) is 10.4 Å². The summed E-state index contributed by atoms with van der Waals surface area (Å²) in [5, 5.41) is 6.63.